The molecule has 0 aliphatic carbocycles. The molecule has 0 radical (unpaired) electrons. The number of pyridine rings is 1. The third-order valence-corrected chi connectivity index (χ3v) is 4.16. The van der Waals surface area contributed by atoms with Gasteiger partial charge in [0.2, 0.25) is 0 Å². The number of hydrogen-bond donors (Lipinski definition) is 0. The highest BCUT2D eigenvalue weighted by Gasteiger charge is 2.22. The van der Waals surface area contributed by atoms with E-state index in [2.05, 4.69) is 16.0 Å². The summed E-state index contributed by atoms with van der Waals surface area (Å²) in [5, 5.41) is 1.73. The van der Waals surface area contributed by atoms with Crippen molar-refractivity contribution in [1.82, 2.24) is 9.88 Å². The fourth-order valence-corrected chi connectivity index (χ4v) is 2.92. The minimum Gasteiger partial charge on any atom is -0.341 e. The molecule has 0 N–H and O–H groups in total. The van der Waals surface area contributed by atoms with E-state index in [0.717, 1.165) is 34.7 Å². The van der Waals surface area contributed by atoms with Crippen molar-refractivity contribution in [3.05, 3.63) is 58.9 Å². The SMILES string of the molecule is CS/C(=N/c1ccc(Cl)cc1)N1Cc2cccnc2C1. The van der Waals surface area contributed by atoms with Crippen LogP contribution in [0.2, 0.25) is 5.02 Å². The fraction of sp³-hybridized carbons (Fsp3) is 0.200. The van der Waals surface area contributed by atoms with Crippen LogP contribution < -0.4 is 0 Å². The van der Waals surface area contributed by atoms with Crippen molar-refractivity contribution >= 4 is 34.2 Å². The maximum Gasteiger partial charge on any atom is 0.164 e. The van der Waals surface area contributed by atoms with Gasteiger partial charge in [-0.05, 0) is 42.2 Å². The Labute approximate surface area is 127 Å². The molecular formula is C15H14ClN3S. The van der Waals surface area contributed by atoms with Gasteiger partial charge in [-0.1, -0.05) is 29.4 Å². The number of nitrogens with zero attached hydrogens (tertiary/aromatic N) is 3. The van der Waals surface area contributed by atoms with Crippen molar-refractivity contribution in [2.24, 2.45) is 4.99 Å². The van der Waals surface area contributed by atoms with Gasteiger partial charge in [0, 0.05) is 17.8 Å². The van der Waals surface area contributed by atoms with E-state index >= 15 is 0 Å². The molecule has 0 atom stereocenters. The van der Waals surface area contributed by atoms with Gasteiger partial charge in [-0.3, -0.25) is 4.98 Å². The van der Waals surface area contributed by atoms with E-state index in [-0.39, 0.29) is 0 Å². The topological polar surface area (TPSA) is 28.5 Å². The monoisotopic (exact) mass is 303 g/mol. The van der Waals surface area contributed by atoms with Gasteiger partial charge in [0.1, 0.15) is 0 Å². The van der Waals surface area contributed by atoms with E-state index in [4.69, 9.17) is 16.6 Å². The highest BCUT2D eigenvalue weighted by molar-refractivity contribution is 8.13. The summed E-state index contributed by atoms with van der Waals surface area (Å²) in [5.41, 5.74) is 3.35. The molecule has 1 aromatic carbocycles. The van der Waals surface area contributed by atoms with Gasteiger partial charge in [-0.25, -0.2) is 4.99 Å². The van der Waals surface area contributed by atoms with Crippen LogP contribution in [0.25, 0.3) is 0 Å². The van der Waals surface area contributed by atoms with Crippen molar-refractivity contribution in [3.63, 3.8) is 0 Å². The molecule has 0 fully saturated rings. The third kappa shape index (κ3) is 2.81. The van der Waals surface area contributed by atoms with Crippen LogP contribution in [0.5, 0.6) is 0 Å². The van der Waals surface area contributed by atoms with Crippen LogP contribution in [0.15, 0.2) is 47.6 Å². The van der Waals surface area contributed by atoms with Crippen molar-refractivity contribution < 1.29 is 0 Å². The fourth-order valence-electron chi connectivity index (χ4n) is 2.21. The first kappa shape index (κ1) is 13.5. The standard InChI is InChI=1S/C15H14ClN3S/c1-20-15(18-13-6-4-12(16)5-7-13)19-9-11-3-2-8-17-14(11)10-19/h2-8H,9-10H2,1H3/b18-15+. The molecule has 0 spiro atoms. The van der Waals surface area contributed by atoms with Crippen LogP contribution >= 0.6 is 23.4 Å². The summed E-state index contributed by atoms with van der Waals surface area (Å²) in [4.78, 5) is 11.4. The quantitative estimate of drug-likeness (QED) is 0.586. The van der Waals surface area contributed by atoms with Crippen LogP contribution in [0.3, 0.4) is 0 Å². The number of benzene rings is 1. The average Bonchev–Trinajstić information content (AvgIpc) is 2.90. The van der Waals surface area contributed by atoms with Crippen molar-refractivity contribution in [3.8, 4) is 0 Å². The Balaban J connectivity index is 1.83. The number of halogens is 1. The molecule has 0 bridgehead atoms. The van der Waals surface area contributed by atoms with Crippen molar-refractivity contribution in [2.45, 2.75) is 13.1 Å². The smallest absolute Gasteiger partial charge is 0.164 e. The van der Waals surface area contributed by atoms with Crippen molar-refractivity contribution in [2.75, 3.05) is 6.26 Å². The third-order valence-electron chi connectivity index (χ3n) is 3.19. The van der Waals surface area contributed by atoms with E-state index < -0.39 is 0 Å². The number of rotatable bonds is 1. The molecule has 3 nitrogen and oxygen atoms in total. The van der Waals surface area contributed by atoms with Gasteiger partial charge in [0.25, 0.3) is 0 Å². The predicted molar refractivity (Wildman–Crippen MR) is 85.5 cm³/mol. The van der Waals surface area contributed by atoms with Crippen LogP contribution in [0, 0.1) is 0 Å². The van der Waals surface area contributed by atoms with E-state index in [1.54, 1.807) is 11.8 Å². The summed E-state index contributed by atoms with van der Waals surface area (Å²) < 4.78 is 0. The zero-order chi connectivity index (χ0) is 13.9. The molecular weight excluding hydrogens is 290 g/mol. The summed E-state index contributed by atoms with van der Waals surface area (Å²) in [6.45, 7) is 1.69. The van der Waals surface area contributed by atoms with Gasteiger partial charge in [0.05, 0.1) is 17.9 Å². The van der Waals surface area contributed by atoms with Crippen LogP contribution in [0.4, 0.5) is 5.69 Å². The molecule has 0 saturated carbocycles. The average molecular weight is 304 g/mol. The first-order valence-electron chi connectivity index (χ1n) is 6.32. The molecule has 0 unspecified atom stereocenters. The van der Waals surface area contributed by atoms with Gasteiger partial charge >= 0.3 is 0 Å². The Morgan fingerprint density at radius 1 is 1.25 bits per heavy atom. The zero-order valence-electron chi connectivity index (χ0n) is 11.1. The molecule has 0 amide bonds. The summed E-state index contributed by atoms with van der Waals surface area (Å²) in [6, 6.07) is 11.7. The summed E-state index contributed by atoms with van der Waals surface area (Å²) in [6.07, 6.45) is 3.89. The van der Waals surface area contributed by atoms with Crippen molar-refractivity contribution in [1.29, 1.82) is 0 Å². The van der Waals surface area contributed by atoms with E-state index in [0.29, 0.717) is 0 Å². The largest absolute Gasteiger partial charge is 0.341 e. The lowest BCUT2D eigenvalue weighted by molar-refractivity contribution is 0.454. The lowest BCUT2D eigenvalue weighted by atomic mass is 10.2. The predicted octanol–water partition coefficient (Wildman–Crippen LogP) is 4.10. The molecule has 2 heterocycles. The first-order chi connectivity index (χ1) is 9.76. The molecule has 3 rings (SSSR count). The molecule has 5 heteroatoms. The van der Waals surface area contributed by atoms with Gasteiger partial charge in [0.15, 0.2) is 5.17 Å². The minimum atomic E-state index is 0.729. The van der Waals surface area contributed by atoms with Gasteiger partial charge < -0.3 is 4.90 Å². The highest BCUT2D eigenvalue weighted by Crippen LogP contribution is 2.25. The van der Waals surface area contributed by atoms with Gasteiger partial charge in [-0.2, -0.15) is 0 Å². The Kier molecular flexibility index (Phi) is 3.94. The Morgan fingerprint density at radius 2 is 2.05 bits per heavy atom. The highest BCUT2D eigenvalue weighted by atomic mass is 35.5. The molecule has 102 valence electrons. The number of fused-ring (bicyclic) bond motifs is 1. The molecule has 2 aromatic rings. The first-order valence-corrected chi connectivity index (χ1v) is 7.92. The number of aliphatic imine (C=N–C) groups is 1. The second kappa shape index (κ2) is 5.85. The minimum absolute atomic E-state index is 0.729. The molecule has 1 aromatic heterocycles. The zero-order valence-corrected chi connectivity index (χ0v) is 12.7. The maximum atomic E-state index is 5.90. The Bertz CT molecular complexity index is 615. The number of aromatic nitrogens is 1. The Hall–Kier alpha value is -1.52. The van der Waals surface area contributed by atoms with E-state index in [1.807, 2.05) is 42.8 Å². The molecule has 1 aliphatic heterocycles. The maximum absolute atomic E-state index is 5.90. The van der Waals surface area contributed by atoms with Crippen LogP contribution in [-0.2, 0) is 13.1 Å². The van der Waals surface area contributed by atoms with Crippen LogP contribution in [0.1, 0.15) is 11.3 Å². The Morgan fingerprint density at radius 3 is 2.75 bits per heavy atom. The second-order valence-corrected chi connectivity index (χ2v) is 5.75. The number of amidine groups is 1. The lowest BCUT2D eigenvalue weighted by Gasteiger charge is -2.17. The number of hydrogen-bond acceptors (Lipinski definition) is 3. The summed E-state index contributed by atoms with van der Waals surface area (Å²) in [5.74, 6) is 0. The van der Waals surface area contributed by atoms with Crippen LogP contribution in [-0.4, -0.2) is 21.3 Å². The van der Waals surface area contributed by atoms with Gasteiger partial charge in [-0.15, -0.1) is 0 Å². The summed E-state index contributed by atoms with van der Waals surface area (Å²) in [7, 11) is 0. The normalized spacial score (nSPS) is 14.5. The lowest BCUT2D eigenvalue weighted by Crippen LogP contribution is -2.22. The molecule has 1 aliphatic rings. The molecule has 20 heavy (non-hydrogen) atoms. The number of thioether (sulfide) groups is 1. The second-order valence-electron chi connectivity index (χ2n) is 4.54. The summed E-state index contributed by atoms with van der Waals surface area (Å²) >= 11 is 7.55. The van der Waals surface area contributed by atoms with E-state index in [1.165, 1.54) is 5.56 Å². The van der Waals surface area contributed by atoms with E-state index in [9.17, 15) is 0 Å². The molecule has 0 saturated heterocycles.